The molecule has 33 heavy (non-hydrogen) atoms. The third-order valence-electron chi connectivity index (χ3n) is 5.44. The van der Waals surface area contributed by atoms with Crippen LogP contribution < -0.4 is 5.32 Å². The second-order valence-corrected chi connectivity index (χ2v) is 8.59. The molecule has 2 aromatic carbocycles. The van der Waals surface area contributed by atoms with E-state index in [1.165, 1.54) is 11.8 Å². The fourth-order valence-corrected chi connectivity index (χ4v) is 3.91. The first-order valence-corrected chi connectivity index (χ1v) is 12.0. The molecular weight excluding hydrogens is 434 g/mol. The van der Waals surface area contributed by atoms with Gasteiger partial charge in [-0.05, 0) is 36.8 Å². The summed E-state index contributed by atoms with van der Waals surface area (Å²) in [6.45, 7) is 5.46. The van der Waals surface area contributed by atoms with Crippen molar-refractivity contribution in [2.45, 2.75) is 45.2 Å². The minimum absolute atomic E-state index is 0.0529. The first kappa shape index (κ1) is 22.9. The Hall–Kier alpha value is -3.23. The Kier molecular flexibility index (Phi) is 7.36. The number of carbonyl (C=O) groups is 1. The number of hydrogen-bond donors (Lipinski definition) is 1. The summed E-state index contributed by atoms with van der Waals surface area (Å²) in [7, 11) is 0. The third kappa shape index (κ3) is 5.77. The number of ether oxygens (including phenoxy) is 1. The molecule has 0 saturated heterocycles. The lowest BCUT2D eigenvalue weighted by Gasteiger charge is -2.11. The molecule has 0 saturated carbocycles. The Balaban J connectivity index is 1.30. The molecule has 0 fully saturated rings. The Morgan fingerprint density at radius 1 is 0.970 bits per heavy atom. The smallest absolute Gasteiger partial charge is 0.253 e. The van der Waals surface area contributed by atoms with Crippen LogP contribution in [-0.2, 0) is 35.7 Å². The van der Waals surface area contributed by atoms with Crippen LogP contribution in [0.25, 0.3) is 5.78 Å². The van der Waals surface area contributed by atoms with Gasteiger partial charge in [-0.2, -0.15) is 4.98 Å². The zero-order valence-electron chi connectivity index (χ0n) is 19.0. The summed E-state index contributed by atoms with van der Waals surface area (Å²) >= 11 is 1.47. The molecule has 8 heteroatoms. The van der Waals surface area contributed by atoms with Gasteiger partial charge in [0, 0.05) is 23.5 Å². The maximum absolute atomic E-state index is 12.6. The number of nitrogens with one attached hydrogen (secondary N) is 1. The Bertz CT molecular complexity index is 1240. The van der Waals surface area contributed by atoms with Crippen LogP contribution in [0.1, 0.15) is 33.6 Å². The number of benzene rings is 2. The minimum atomic E-state index is -0.0529. The largest absolute Gasteiger partial charge is 0.372 e. The SMILES string of the molecule is CSc1nc2nc(C)c(CC(=O)NCc3ccc(COCc4ccccc4)cc3)c(C)n2n1. The summed E-state index contributed by atoms with van der Waals surface area (Å²) in [5.41, 5.74) is 5.87. The van der Waals surface area contributed by atoms with Gasteiger partial charge in [0.1, 0.15) is 0 Å². The number of amides is 1. The molecule has 0 atom stereocenters. The molecule has 1 amide bonds. The summed E-state index contributed by atoms with van der Waals surface area (Å²) in [4.78, 5) is 21.5. The molecule has 170 valence electrons. The highest BCUT2D eigenvalue weighted by Gasteiger charge is 2.15. The van der Waals surface area contributed by atoms with Crippen molar-refractivity contribution in [3.05, 3.63) is 88.2 Å². The third-order valence-corrected chi connectivity index (χ3v) is 5.98. The summed E-state index contributed by atoms with van der Waals surface area (Å²) in [5, 5.41) is 8.11. The van der Waals surface area contributed by atoms with E-state index in [0.29, 0.717) is 30.7 Å². The van der Waals surface area contributed by atoms with Gasteiger partial charge in [0.15, 0.2) is 0 Å². The normalized spacial score (nSPS) is 11.1. The van der Waals surface area contributed by atoms with Crippen molar-refractivity contribution in [1.82, 2.24) is 24.9 Å². The zero-order chi connectivity index (χ0) is 23.2. The molecule has 4 aromatic rings. The highest BCUT2D eigenvalue weighted by atomic mass is 32.2. The molecule has 0 aliphatic carbocycles. The summed E-state index contributed by atoms with van der Waals surface area (Å²) in [6.07, 6.45) is 2.18. The van der Waals surface area contributed by atoms with Gasteiger partial charge in [-0.1, -0.05) is 66.4 Å². The second-order valence-electron chi connectivity index (χ2n) is 7.82. The molecule has 2 heterocycles. The maximum atomic E-state index is 12.6. The van der Waals surface area contributed by atoms with E-state index >= 15 is 0 Å². The van der Waals surface area contributed by atoms with Crippen molar-refractivity contribution >= 4 is 23.4 Å². The number of nitrogens with zero attached hydrogens (tertiary/aromatic N) is 4. The molecule has 0 radical (unpaired) electrons. The van der Waals surface area contributed by atoms with Crippen LogP contribution in [0.3, 0.4) is 0 Å². The van der Waals surface area contributed by atoms with Crippen LogP contribution in [0, 0.1) is 13.8 Å². The zero-order valence-corrected chi connectivity index (χ0v) is 19.9. The second kappa shape index (κ2) is 10.6. The highest BCUT2D eigenvalue weighted by Crippen LogP contribution is 2.17. The van der Waals surface area contributed by atoms with E-state index < -0.39 is 0 Å². The van der Waals surface area contributed by atoms with E-state index in [4.69, 9.17) is 4.74 Å². The van der Waals surface area contributed by atoms with Gasteiger partial charge in [-0.15, -0.1) is 5.10 Å². The van der Waals surface area contributed by atoms with E-state index in [1.54, 1.807) is 4.52 Å². The number of hydrogen-bond acceptors (Lipinski definition) is 6. The van der Waals surface area contributed by atoms with Crippen LogP contribution in [0.2, 0.25) is 0 Å². The number of rotatable bonds is 9. The average Bonchev–Trinajstić information content (AvgIpc) is 3.25. The first-order valence-electron chi connectivity index (χ1n) is 10.8. The van der Waals surface area contributed by atoms with Crippen molar-refractivity contribution in [2.75, 3.05) is 6.26 Å². The molecular formula is C25H27N5O2S. The van der Waals surface area contributed by atoms with Gasteiger partial charge in [-0.3, -0.25) is 4.79 Å². The lowest BCUT2D eigenvalue weighted by molar-refractivity contribution is -0.120. The van der Waals surface area contributed by atoms with Crippen LogP contribution in [-0.4, -0.2) is 31.7 Å². The summed E-state index contributed by atoms with van der Waals surface area (Å²) < 4.78 is 7.49. The van der Waals surface area contributed by atoms with Crippen LogP contribution in [0.15, 0.2) is 59.8 Å². The summed E-state index contributed by atoms with van der Waals surface area (Å²) in [5.74, 6) is 0.508. The minimum Gasteiger partial charge on any atom is -0.372 e. The van der Waals surface area contributed by atoms with Crippen molar-refractivity contribution < 1.29 is 9.53 Å². The van der Waals surface area contributed by atoms with Crippen LogP contribution in [0.5, 0.6) is 0 Å². The molecule has 0 aliphatic rings. The van der Waals surface area contributed by atoms with Crippen molar-refractivity contribution in [2.24, 2.45) is 0 Å². The first-order chi connectivity index (χ1) is 16.0. The van der Waals surface area contributed by atoms with Crippen LogP contribution >= 0.6 is 11.8 Å². The van der Waals surface area contributed by atoms with E-state index in [9.17, 15) is 4.79 Å². The lowest BCUT2D eigenvalue weighted by Crippen LogP contribution is -2.25. The molecule has 0 bridgehead atoms. The molecule has 2 aromatic heterocycles. The van der Waals surface area contributed by atoms with Gasteiger partial charge >= 0.3 is 0 Å². The van der Waals surface area contributed by atoms with Gasteiger partial charge < -0.3 is 10.1 Å². The molecule has 0 unspecified atom stereocenters. The monoisotopic (exact) mass is 461 g/mol. The number of carbonyl (C=O) groups excluding carboxylic acids is 1. The van der Waals surface area contributed by atoms with E-state index in [0.717, 1.165) is 33.6 Å². The predicted octanol–water partition coefficient (Wildman–Crippen LogP) is 4.04. The molecule has 4 rings (SSSR count). The van der Waals surface area contributed by atoms with Crippen LogP contribution in [0.4, 0.5) is 0 Å². The number of fused-ring (bicyclic) bond motifs is 1. The van der Waals surface area contributed by atoms with Crippen molar-refractivity contribution in [3.8, 4) is 0 Å². The average molecular weight is 462 g/mol. The number of thioether (sulfide) groups is 1. The lowest BCUT2D eigenvalue weighted by atomic mass is 10.1. The van der Waals surface area contributed by atoms with E-state index in [-0.39, 0.29) is 12.3 Å². The fourth-order valence-electron chi connectivity index (χ4n) is 3.57. The Labute approximate surface area is 197 Å². The van der Waals surface area contributed by atoms with Gasteiger partial charge in [0.05, 0.1) is 19.6 Å². The van der Waals surface area contributed by atoms with E-state index in [2.05, 4.69) is 32.5 Å². The quantitative estimate of drug-likeness (QED) is 0.379. The Morgan fingerprint density at radius 3 is 2.33 bits per heavy atom. The van der Waals surface area contributed by atoms with Gasteiger partial charge in [-0.25, -0.2) is 9.50 Å². The van der Waals surface area contributed by atoms with Crippen molar-refractivity contribution in [3.63, 3.8) is 0 Å². The van der Waals surface area contributed by atoms with Crippen molar-refractivity contribution in [1.29, 1.82) is 0 Å². The Morgan fingerprint density at radius 2 is 1.64 bits per heavy atom. The number of aromatic nitrogens is 4. The standard InChI is InChI=1S/C25H27N5O2S/c1-17-22(18(2)30-24(27-17)28-25(29-30)33-3)13-23(31)26-14-19-9-11-21(12-10-19)16-32-15-20-7-5-4-6-8-20/h4-12H,13-16H2,1-3H3,(H,26,31). The molecule has 0 aliphatic heterocycles. The number of aryl methyl sites for hydroxylation is 2. The van der Waals surface area contributed by atoms with E-state index in [1.807, 2.05) is 62.6 Å². The van der Waals surface area contributed by atoms with Gasteiger partial charge in [0.25, 0.3) is 5.78 Å². The summed E-state index contributed by atoms with van der Waals surface area (Å²) in [6, 6.07) is 18.2. The van der Waals surface area contributed by atoms with Gasteiger partial charge in [0.2, 0.25) is 11.1 Å². The predicted molar refractivity (Wildman–Crippen MR) is 129 cm³/mol. The molecule has 1 N–H and O–H groups in total. The molecule has 0 spiro atoms. The maximum Gasteiger partial charge on any atom is 0.253 e. The topological polar surface area (TPSA) is 81.4 Å². The molecule has 7 nitrogen and oxygen atoms in total. The fraction of sp³-hybridized carbons (Fsp3) is 0.280. The highest BCUT2D eigenvalue weighted by molar-refractivity contribution is 7.98.